The quantitative estimate of drug-likeness (QED) is 0.163. The lowest BCUT2D eigenvalue weighted by atomic mass is 10.2. The van der Waals surface area contributed by atoms with E-state index in [4.69, 9.17) is 25.2 Å². The highest BCUT2D eigenvalue weighted by atomic mass is 32.1. The predicted octanol–water partition coefficient (Wildman–Crippen LogP) is -1.27. The maximum absolute atomic E-state index is 11.9. The first-order valence-electron chi connectivity index (χ1n) is 7.25. The number of phosphoric ester groups is 1. The third kappa shape index (κ3) is 6.94. The first-order valence-corrected chi connectivity index (χ1v) is 12.3. The number of ether oxygens (including phenoxy) is 1. The first-order chi connectivity index (χ1) is 13.1. The topological polar surface area (TPSA) is 250 Å². The van der Waals surface area contributed by atoms with E-state index in [2.05, 4.69) is 30.8 Å². The van der Waals surface area contributed by atoms with E-state index in [1.807, 2.05) is 0 Å². The molecule has 1 saturated heterocycles. The molecule has 1 fully saturated rings. The number of nitrogens with zero attached hydrogens (tertiary/aromatic N) is 2. The van der Waals surface area contributed by atoms with Crippen LogP contribution < -0.4 is 11.4 Å². The zero-order valence-electron chi connectivity index (χ0n) is 13.9. The summed E-state index contributed by atoms with van der Waals surface area (Å²) in [5.41, 5.74) is 4.55. The molecule has 2 rings (SSSR count). The number of aromatic nitrogens is 2. The third-order valence-corrected chi connectivity index (χ3v) is 7.64. The molecule has 0 aliphatic carbocycles. The van der Waals surface area contributed by atoms with Gasteiger partial charge in [0, 0.05) is 6.20 Å². The normalized spacial score (nSPS) is 29.3. The minimum atomic E-state index is -5.68. The van der Waals surface area contributed by atoms with Crippen LogP contribution in [0.1, 0.15) is 6.23 Å². The molecule has 1 aliphatic heterocycles. The van der Waals surface area contributed by atoms with Crippen LogP contribution in [0.4, 0.5) is 5.82 Å². The van der Waals surface area contributed by atoms with E-state index >= 15 is 0 Å². The second kappa shape index (κ2) is 8.85. The van der Waals surface area contributed by atoms with Crippen molar-refractivity contribution in [2.45, 2.75) is 23.7 Å². The van der Waals surface area contributed by atoms with Gasteiger partial charge in [-0.3, -0.25) is 9.09 Å². The third-order valence-electron chi connectivity index (χ3n) is 3.28. The van der Waals surface area contributed by atoms with Crippen molar-refractivity contribution in [3.8, 4) is 0 Å². The van der Waals surface area contributed by atoms with E-state index in [9.17, 15) is 28.5 Å². The number of hydrogen-bond acceptors (Lipinski definition) is 12. The molecule has 1 aliphatic rings. The minimum absolute atomic E-state index is 0.0651. The Morgan fingerprint density at radius 1 is 1.21 bits per heavy atom. The van der Waals surface area contributed by atoms with Crippen molar-refractivity contribution in [3.63, 3.8) is 0 Å². The maximum Gasteiger partial charge on any atom is 0.490 e. The van der Waals surface area contributed by atoms with E-state index in [1.54, 1.807) is 0 Å². The maximum atomic E-state index is 11.9. The van der Waals surface area contributed by atoms with Gasteiger partial charge >= 0.3 is 29.2 Å². The van der Waals surface area contributed by atoms with Crippen LogP contribution in [0.3, 0.4) is 0 Å². The summed E-state index contributed by atoms with van der Waals surface area (Å²) in [5.74, 6) is -0.0651. The Balaban J connectivity index is 2.05. The standard InChI is InChI=1S/C9H16N3O13P3S/c10-5-1-2-12(9(14)11-5)8-7(29)6(13)4(23-8)3-22-27(18,19)25-28(20,21)24-26(15,16)17/h1-2,4,6-8,13,29H,3H2,(H,18,19)(H,20,21)(H2,10,11,14)(H2,15,16,17)/t4-,6+,7-,8-/m1/s1. The summed E-state index contributed by atoms with van der Waals surface area (Å²) < 4.78 is 51.4. The smallest absolute Gasteiger partial charge is 0.389 e. The number of hydrogen-bond donors (Lipinski definition) is 7. The number of aliphatic hydroxyl groups is 1. The fraction of sp³-hybridized carbons (Fsp3) is 0.556. The lowest BCUT2D eigenvalue weighted by Gasteiger charge is -2.19. The van der Waals surface area contributed by atoms with Gasteiger partial charge in [-0.05, 0) is 6.07 Å². The van der Waals surface area contributed by atoms with Crippen molar-refractivity contribution in [2.24, 2.45) is 0 Å². The zero-order valence-corrected chi connectivity index (χ0v) is 17.5. The van der Waals surface area contributed by atoms with Crippen LogP contribution in [0.5, 0.6) is 0 Å². The van der Waals surface area contributed by atoms with Gasteiger partial charge in [0.25, 0.3) is 0 Å². The predicted molar refractivity (Wildman–Crippen MR) is 95.4 cm³/mol. The van der Waals surface area contributed by atoms with Gasteiger partial charge in [0.05, 0.1) is 18.0 Å². The Morgan fingerprint density at radius 2 is 1.83 bits per heavy atom. The average Bonchev–Trinajstić information content (AvgIpc) is 2.78. The van der Waals surface area contributed by atoms with Gasteiger partial charge in [-0.2, -0.15) is 26.2 Å². The number of aliphatic hydroxyl groups excluding tert-OH is 1. The summed E-state index contributed by atoms with van der Waals surface area (Å²) in [6.45, 7) is -0.907. The monoisotopic (exact) mass is 499 g/mol. The molecule has 6 atom stereocenters. The van der Waals surface area contributed by atoms with Gasteiger partial charge in [-0.1, -0.05) is 0 Å². The van der Waals surface area contributed by atoms with Gasteiger partial charge in [0.2, 0.25) is 0 Å². The lowest BCUT2D eigenvalue weighted by Crippen LogP contribution is -2.33. The molecule has 1 aromatic heterocycles. The molecular formula is C9H16N3O13P3S. The molecule has 0 bridgehead atoms. The Bertz CT molecular complexity index is 951. The van der Waals surface area contributed by atoms with E-state index < -0.39 is 59.5 Å². The van der Waals surface area contributed by atoms with Gasteiger partial charge in [-0.25, -0.2) is 18.5 Å². The Morgan fingerprint density at radius 3 is 2.38 bits per heavy atom. The molecule has 29 heavy (non-hydrogen) atoms. The molecule has 2 unspecified atom stereocenters. The van der Waals surface area contributed by atoms with Gasteiger partial charge in [0.1, 0.15) is 11.9 Å². The summed E-state index contributed by atoms with van der Waals surface area (Å²) in [6, 6.07) is 1.27. The molecule has 16 nitrogen and oxygen atoms in total. The fourth-order valence-corrected chi connectivity index (χ4v) is 5.62. The summed E-state index contributed by atoms with van der Waals surface area (Å²) >= 11 is 4.10. The van der Waals surface area contributed by atoms with Crippen LogP contribution in [0.25, 0.3) is 0 Å². The highest BCUT2D eigenvalue weighted by molar-refractivity contribution is 7.81. The van der Waals surface area contributed by atoms with Gasteiger partial charge in [-0.15, -0.1) is 0 Å². The lowest BCUT2D eigenvalue weighted by molar-refractivity contribution is -0.0447. The zero-order chi connectivity index (χ0) is 22.2. The van der Waals surface area contributed by atoms with Crippen molar-refractivity contribution < 1.29 is 56.3 Å². The van der Waals surface area contributed by atoms with Crippen molar-refractivity contribution in [1.29, 1.82) is 0 Å². The highest BCUT2D eigenvalue weighted by Gasteiger charge is 2.46. The molecule has 2 heterocycles. The van der Waals surface area contributed by atoms with Crippen molar-refractivity contribution in [2.75, 3.05) is 12.3 Å². The number of nitrogens with two attached hydrogens (primary N) is 1. The SMILES string of the molecule is Nc1ccn([C@@H]2O[C@H](COP(=O)(O)OP(=O)(O)OP(=O)(O)O)[C@H](O)[C@H]2S)c(=O)n1. The second-order valence-electron chi connectivity index (χ2n) is 5.48. The Labute approximate surface area is 167 Å². The van der Waals surface area contributed by atoms with E-state index in [-0.39, 0.29) is 5.82 Å². The van der Waals surface area contributed by atoms with Crippen LogP contribution in [0.15, 0.2) is 17.1 Å². The Kier molecular flexibility index (Phi) is 7.51. The molecule has 0 aromatic carbocycles. The van der Waals surface area contributed by atoms with Gasteiger partial charge < -0.3 is 35.2 Å². The van der Waals surface area contributed by atoms with E-state index in [0.717, 1.165) is 4.57 Å². The van der Waals surface area contributed by atoms with Crippen LogP contribution in [0.2, 0.25) is 0 Å². The van der Waals surface area contributed by atoms with Crippen molar-refractivity contribution in [1.82, 2.24) is 9.55 Å². The highest BCUT2D eigenvalue weighted by Crippen LogP contribution is 2.66. The summed E-state index contributed by atoms with van der Waals surface area (Å²) in [4.78, 5) is 50.8. The molecule has 0 spiro atoms. The largest absolute Gasteiger partial charge is 0.490 e. The molecule has 0 radical (unpaired) electrons. The fourth-order valence-electron chi connectivity index (χ4n) is 2.19. The molecule has 20 heteroatoms. The molecule has 0 amide bonds. The van der Waals surface area contributed by atoms with Crippen LogP contribution in [-0.4, -0.2) is 58.3 Å². The first kappa shape index (κ1) is 24.6. The number of phosphoric acid groups is 3. The van der Waals surface area contributed by atoms with Crippen LogP contribution >= 0.6 is 36.1 Å². The minimum Gasteiger partial charge on any atom is -0.389 e. The average molecular weight is 499 g/mol. The molecule has 1 aromatic rings. The van der Waals surface area contributed by atoms with E-state index in [1.165, 1.54) is 12.3 Å². The van der Waals surface area contributed by atoms with Crippen molar-refractivity contribution in [3.05, 3.63) is 22.7 Å². The molecule has 7 N–H and O–H groups in total. The molecule has 166 valence electrons. The summed E-state index contributed by atoms with van der Waals surface area (Å²) in [6.07, 6.45) is -2.77. The number of nitrogen functional groups attached to an aromatic ring is 1. The second-order valence-corrected chi connectivity index (χ2v) is 10.5. The Hall–Kier alpha value is -0.640. The number of anilines is 1. The number of rotatable bonds is 8. The van der Waals surface area contributed by atoms with Crippen LogP contribution in [0, 0.1) is 0 Å². The van der Waals surface area contributed by atoms with Crippen molar-refractivity contribution >= 4 is 41.9 Å². The van der Waals surface area contributed by atoms with E-state index in [0.29, 0.717) is 0 Å². The molecule has 0 saturated carbocycles. The van der Waals surface area contributed by atoms with Gasteiger partial charge in [0.15, 0.2) is 6.23 Å². The van der Waals surface area contributed by atoms with Crippen LogP contribution in [-0.2, 0) is 31.6 Å². The summed E-state index contributed by atoms with van der Waals surface area (Å²) in [7, 11) is -16.6. The summed E-state index contributed by atoms with van der Waals surface area (Å²) in [5, 5.41) is 9.11. The molecular weight excluding hydrogens is 483 g/mol. The number of thiol groups is 1.